The summed E-state index contributed by atoms with van der Waals surface area (Å²) < 4.78 is 0. The van der Waals surface area contributed by atoms with Crippen molar-refractivity contribution in [2.24, 2.45) is 16.7 Å². The van der Waals surface area contributed by atoms with Gasteiger partial charge in [-0.15, -0.1) is 6.58 Å². The van der Waals surface area contributed by atoms with Gasteiger partial charge in [0.25, 0.3) is 0 Å². The summed E-state index contributed by atoms with van der Waals surface area (Å²) in [7, 11) is 0. The molecule has 0 N–H and O–H groups in total. The lowest BCUT2D eigenvalue weighted by atomic mass is 9.49. The second-order valence-electron chi connectivity index (χ2n) is 5.28. The maximum atomic E-state index is 3.96. The number of hydrogen-bond donors (Lipinski definition) is 0. The summed E-state index contributed by atoms with van der Waals surface area (Å²) in [6, 6.07) is 0. The Morgan fingerprint density at radius 1 is 1.33 bits per heavy atom. The van der Waals surface area contributed by atoms with E-state index in [1.807, 2.05) is 0 Å². The molecule has 0 heteroatoms. The minimum atomic E-state index is 0.414. The zero-order valence-corrected chi connectivity index (χ0v) is 8.98. The van der Waals surface area contributed by atoms with Crippen LogP contribution in [0.5, 0.6) is 0 Å². The Balaban J connectivity index is 2.66. The molecule has 0 nitrogen and oxygen atoms in total. The summed E-state index contributed by atoms with van der Waals surface area (Å²) in [5, 5.41) is 0. The molecule has 0 aromatic rings. The van der Waals surface area contributed by atoms with E-state index in [4.69, 9.17) is 0 Å². The summed E-state index contributed by atoms with van der Waals surface area (Å²) in [5.41, 5.74) is 0.945. The summed E-state index contributed by atoms with van der Waals surface area (Å²) in [5.74, 6) is 0.814. The van der Waals surface area contributed by atoms with Gasteiger partial charge in [0, 0.05) is 0 Å². The van der Waals surface area contributed by atoms with Crippen LogP contribution in [0, 0.1) is 16.7 Å². The normalized spacial score (nSPS) is 41.1. The van der Waals surface area contributed by atoms with E-state index >= 15 is 0 Å². The molecule has 0 amide bonds. The first-order valence-corrected chi connectivity index (χ1v) is 5.07. The van der Waals surface area contributed by atoms with Gasteiger partial charge in [0.1, 0.15) is 0 Å². The van der Waals surface area contributed by atoms with Crippen LogP contribution in [0.3, 0.4) is 0 Å². The topological polar surface area (TPSA) is 0 Å². The van der Waals surface area contributed by atoms with Crippen molar-refractivity contribution in [3.8, 4) is 0 Å². The fourth-order valence-electron chi connectivity index (χ4n) is 2.53. The van der Waals surface area contributed by atoms with Crippen LogP contribution in [0.4, 0.5) is 0 Å². The molecule has 70 valence electrons. The Labute approximate surface area is 77.1 Å². The Kier molecular flexibility index (Phi) is 2.38. The fraction of sp³-hybridized carbons (Fsp3) is 0.833. The highest BCUT2D eigenvalue weighted by atomic mass is 14.5. The first kappa shape index (κ1) is 9.83. The van der Waals surface area contributed by atoms with Gasteiger partial charge < -0.3 is 0 Å². The van der Waals surface area contributed by atoms with Crippen LogP contribution in [-0.2, 0) is 0 Å². The van der Waals surface area contributed by atoms with Gasteiger partial charge in [-0.25, -0.2) is 0 Å². The first-order valence-electron chi connectivity index (χ1n) is 5.07. The van der Waals surface area contributed by atoms with Gasteiger partial charge in [-0.05, 0) is 36.0 Å². The van der Waals surface area contributed by atoms with Crippen LogP contribution in [0.1, 0.15) is 47.0 Å². The molecule has 12 heavy (non-hydrogen) atoms. The average Bonchev–Trinajstić information content (AvgIpc) is 2.00. The van der Waals surface area contributed by atoms with Crippen molar-refractivity contribution in [1.29, 1.82) is 0 Å². The van der Waals surface area contributed by atoms with E-state index < -0.39 is 0 Å². The molecule has 1 aliphatic rings. The Morgan fingerprint density at radius 2 is 1.92 bits per heavy atom. The lowest BCUT2D eigenvalue weighted by Gasteiger charge is -2.56. The smallest absolute Gasteiger partial charge is 0.00951 e. The lowest BCUT2D eigenvalue weighted by Crippen LogP contribution is -2.46. The monoisotopic (exact) mass is 166 g/mol. The van der Waals surface area contributed by atoms with Gasteiger partial charge >= 0.3 is 0 Å². The molecule has 1 fully saturated rings. The molecule has 2 unspecified atom stereocenters. The zero-order valence-electron chi connectivity index (χ0n) is 8.98. The van der Waals surface area contributed by atoms with Gasteiger partial charge in [0.05, 0.1) is 0 Å². The maximum Gasteiger partial charge on any atom is -0.00951 e. The van der Waals surface area contributed by atoms with Gasteiger partial charge in [0.15, 0.2) is 0 Å². The van der Waals surface area contributed by atoms with Gasteiger partial charge in [-0.3, -0.25) is 0 Å². The Morgan fingerprint density at radius 3 is 2.17 bits per heavy atom. The molecular weight excluding hydrogens is 144 g/mol. The SMILES string of the molecule is C=CC1(C)CCC1(C)CC(C)C. The van der Waals surface area contributed by atoms with Crippen molar-refractivity contribution in [3.63, 3.8) is 0 Å². The highest BCUT2D eigenvalue weighted by Crippen LogP contribution is 2.60. The van der Waals surface area contributed by atoms with Crippen LogP contribution in [-0.4, -0.2) is 0 Å². The van der Waals surface area contributed by atoms with E-state index in [2.05, 4.69) is 40.3 Å². The molecular formula is C12H22. The molecule has 1 saturated carbocycles. The third kappa shape index (κ3) is 1.32. The van der Waals surface area contributed by atoms with Crippen LogP contribution >= 0.6 is 0 Å². The predicted molar refractivity (Wildman–Crippen MR) is 55.1 cm³/mol. The maximum absolute atomic E-state index is 3.96. The Hall–Kier alpha value is -0.260. The molecule has 0 aromatic heterocycles. The van der Waals surface area contributed by atoms with Crippen molar-refractivity contribution < 1.29 is 0 Å². The molecule has 0 radical (unpaired) electrons. The molecule has 1 aliphatic carbocycles. The van der Waals surface area contributed by atoms with Gasteiger partial charge in [-0.2, -0.15) is 0 Å². The quantitative estimate of drug-likeness (QED) is 0.555. The largest absolute Gasteiger partial charge is 0.103 e. The second kappa shape index (κ2) is 2.90. The third-order valence-electron chi connectivity index (χ3n) is 3.88. The molecule has 0 heterocycles. The van der Waals surface area contributed by atoms with Gasteiger partial charge in [-0.1, -0.05) is 33.8 Å². The summed E-state index contributed by atoms with van der Waals surface area (Å²) >= 11 is 0. The van der Waals surface area contributed by atoms with E-state index in [1.165, 1.54) is 19.3 Å². The van der Waals surface area contributed by atoms with E-state index in [0.717, 1.165) is 5.92 Å². The third-order valence-corrected chi connectivity index (χ3v) is 3.88. The minimum absolute atomic E-state index is 0.414. The van der Waals surface area contributed by atoms with Crippen LogP contribution in [0.25, 0.3) is 0 Å². The number of rotatable bonds is 3. The summed E-state index contributed by atoms with van der Waals surface area (Å²) in [4.78, 5) is 0. The van der Waals surface area contributed by atoms with Crippen molar-refractivity contribution >= 4 is 0 Å². The van der Waals surface area contributed by atoms with E-state index in [9.17, 15) is 0 Å². The highest BCUT2D eigenvalue weighted by Gasteiger charge is 2.50. The fourth-order valence-corrected chi connectivity index (χ4v) is 2.53. The molecule has 0 saturated heterocycles. The van der Waals surface area contributed by atoms with Crippen LogP contribution in [0.2, 0.25) is 0 Å². The second-order valence-corrected chi connectivity index (χ2v) is 5.28. The van der Waals surface area contributed by atoms with E-state index in [1.54, 1.807) is 0 Å². The zero-order chi connectivity index (χ0) is 9.41. The summed E-state index contributed by atoms with van der Waals surface area (Å²) in [6.07, 6.45) is 6.22. The molecule has 0 aliphatic heterocycles. The predicted octanol–water partition coefficient (Wildman–Crippen LogP) is 4.02. The molecule has 0 aromatic carbocycles. The van der Waals surface area contributed by atoms with Crippen LogP contribution in [0.15, 0.2) is 12.7 Å². The van der Waals surface area contributed by atoms with Crippen molar-refractivity contribution in [3.05, 3.63) is 12.7 Å². The van der Waals surface area contributed by atoms with Gasteiger partial charge in [0.2, 0.25) is 0 Å². The first-order chi connectivity index (χ1) is 5.43. The molecule has 0 bridgehead atoms. The van der Waals surface area contributed by atoms with E-state index in [-0.39, 0.29) is 0 Å². The van der Waals surface area contributed by atoms with Crippen molar-refractivity contribution in [2.45, 2.75) is 47.0 Å². The minimum Gasteiger partial charge on any atom is -0.103 e. The highest BCUT2D eigenvalue weighted by molar-refractivity contribution is 5.10. The van der Waals surface area contributed by atoms with E-state index in [0.29, 0.717) is 10.8 Å². The lowest BCUT2D eigenvalue weighted by molar-refractivity contribution is -0.0256. The Bertz CT molecular complexity index is 180. The van der Waals surface area contributed by atoms with Crippen molar-refractivity contribution in [2.75, 3.05) is 0 Å². The summed E-state index contributed by atoms with van der Waals surface area (Å²) in [6.45, 7) is 13.4. The molecule has 2 atom stereocenters. The standard InChI is InChI=1S/C12H22/c1-6-11(4)7-8-12(11,5)9-10(2)3/h6,10H,1,7-9H2,2-5H3. The molecule has 0 spiro atoms. The van der Waals surface area contributed by atoms with Crippen LogP contribution < -0.4 is 0 Å². The van der Waals surface area contributed by atoms with Crippen molar-refractivity contribution in [1.82, 2.24) is 0 Å². The number of hydrogen-bond acceptors (Lipinski definition) is 0. The average molecular weight is 166 g/mol. The number of allylic oxidation sites excluding steroid dienone is 1. The molecule has 1 rings (SSSR count).